The highest BCUT2D eigenvalue weighted by Gasteiger charge is 2.13. The van der Waals surface area contributed by atoms with Gasteiger partial charge in [-0.1, -0.05) is 25.3 Å². The number of aromatic nitrogens is 1. The highest BCUT2D eigenvalue weighted by atomic mass is 127. The number of pyridine rings is 1. The molecule has 0 spiro atoms. The standard InChI is InChI=1S/C16H26N4O.HI/c1-12(2)21-15-9-8-13(10-18-15)11-19-16(17)20-14-6-4-3-5-7-14;/h8-10,12,14H,3-7,11H2,1-2H3,(H3,17,19,20);1H. The van der Waals surface area contributed by atoms with Crippen LogP contribution < -0.4 is 15.8 Å². The van der Waals surface area contributed by atoms with E-state index in [2.05, 4.69) is 15.3 Å². The number of hydrogen-bond acceptors (Lipinski definition) is 3. The Hall–Kier alpha value is -1.05. The third-order valence-corrected chi connectivity index (χ3v) is 3.54. The molecule has 0 atom stereocenters. The van der Waals surface area contributed by atoms with E-state index in [0.717, 1.165) is 5.56 Å². The van der Waals surface area contributed by atoms with Crippen LogP contribution in [0.4, 0.5) is 0 Å². The lowest BCUT2D eigenvalue weighted by Crippen LogP contribution is -2.41. The molecule has 3 N–H and O–H groups in total. The van der Waals surface area contributed by atoms with Crippen LogP contribution in [0.3, 0.4) is 0 Å². The lowest BCUT2D eigenvalue weighted by molar-refractivity contribution is 0.232. The van der Waals surface area contributed by atoms with Crippen molar-refractivity contribution in [2.24, 2.45) is 10.7 Å². The molecule has 1 aromatic rings. The van der Waals surface area contributed by atoms with E-state index in [1.54, 1.807) is 6.20 Å². The van der Waals surface area contributed by atoms with Gasteiger partial charge in [0.05, 0.1) is 12.6 Å². The molecule has 0 aromatic carbocycles. The summed E-state index contributed by atoms with van der Waals surface area (Å²) < 4.78 is 5.51. The molecule has 0 amide bonds. The largest absolute Gasteiger partial charge is 0.475 e. The Morgan fingerprint density at radius 2 is 2.09 bits per heavy atom. The van der Waals surface area contributed by atoms with Gasteiger partial charge in [0.2, 0.25) is 5.88 Å². The molecular weight excluding hydrogens is 391 g/mol. The van der Waals surface area contributed by atoms with Crippen LogP contribution in [0.5, 0.6) is 5.88 Å². The maximum absolute atomic E-state index is 5.94. The van der Waals surface area contributed by atoms with Gasteiger partial charge in [-0.15, -0.1) is 24.0 Å². The lowest BCUT2D eigenvalue weighted by Gasteiger charge is -2.23. The Balaban J connectivity index is 0.00000242. The van der Waals surface area contributed by atoms with Crippen LogP contribution in [-0.2, 0) is 6.54 Å². The average molecular weight is 418 g/mol. The second-order valence-corrected chi connectivity index (χ2v) is 5.85. The highest BCUT2D eigenvalue weighted by Crippen LogP contribution is 2.17. The first kappa shape index (κ1) is 19.0. The Labute approximate surface area is 150 Å². The molecule has 0 aliphatic heterocycles. The topological polar surface area (TPSA) is 72.5 Å². The van der Waals surface area contributed by atoms with E-state index < -0.39 is 0 Å². The fourth-order valence-corrected chi connectivity index (χ4v) is 2.49. The van der Waals surface area contributed by atoms with Crippen LogP contribution in [0, 0.1) is 0 Å². The lowest BCUT2D eigenvalue weighted by atomic mass is 9.96. The molecule has 1 fully saturated rings. The van der Waals surface area contributed by atoms with Crippen LogP contribution in [-0.4, -0.2) is 23.1 Å². The van der Waals surface area contributed by atoms with Crippen molar-refractivity contribution in [2.75, 3.05) is 0 Å². The van der Waals surface area contributed by atoms with Crippen LogP contribution >= 0.6 is 24.0 Å². The molecule has 1 aromatic heterocycles. The van der Waals surface area contributed by atoms with Crippen molar-refractivity contribution in [3.05, 3.63) is 23.9 Å². The molecule has 2 rings (SSSR count). The molecule has 1 aliphatic carbocycles. The van der Waals surface area contributed by atoms with Gasteiger partial charge in [0.15, 0.2) is 5.96 Å². The van der Waals surface area contributed by atoms with Gasteiger partial charge in [-0.2, -0.15) is 0 Å². The van der Waals surface area contributed by atoms with Crippen molar-refractivity contribution in [1.82, 2.24) is 10.3 Å². The summed E-state index contributed by atoms with van der Waals surface area (Å²) >= 11 is 0. The number of nitrogens with one attached hydrogen (secondary N) is 1. The average Bonchev–Trinajstić information content (AvgIpc) is 2.47. The molecule has 0 unspecified atom stereocenters. The van der Waals surface area contributed by atoms with E-state index in [1.807, 2.05) is 26.0 Å². The van der Waals surface area contributed by atoms with E-state index in [4.69, 9.17) is 10.5 Å². The Morgan fingerprint density at radius 1 is 1.36 bits per heavy atom. The monoisotopic (exact) mass is 418 g/mol. The molecule has 1 heterocycles. The first-order valence-corrected chi connectivity index (χ1v) is 7.81. The fourth-order valence-electron chi connectivity index (χ4n) is 2.49. The van der Waals surface area contributed by atoms with Crippen LogP contribution in [0.15, 0.2) is 23.3 Å². The maximum Gasteiger partial charge on any atom is 0.213 e. The van der Waals surface area contributed by atoms with Gasteiger partial charge in [-0.3, -0.25) is 0 Å². The quantitative estimate of drug-likeness (QED) is 0.438. The molecular formula is C16H27IN4O. The Bertz CT molecular complexity index is 456. The summed E-state index contributed by atoms with van der Waals surface area (Å²) in [4.78, 5) is 8.64. The zero-order valence-corrected chi connectivity index (χ0v) is 15.7. The van der Waals surface area contributed by atoms with Crippen molar-refractivity contribution in [2.45, 2.75) is 64.6 Å². The van der Waals surface area contributed by atoms with Gasteiger partial charge in [-0.25, -0.2) is 9.98 Å². The van der Waals surface area contributed by atoms with Gasteiger partial charge in [-0.05, 0) is 32.3 Å². The SMILES string of the molecule is CC(C)Oc1ccc(CN=C(N)NC2CCCCC2)cn1.I. The summed E-state index contributed by atoms with van der Waals surface area (Å²) in [6.45, 7) is 4.51. The summed E-state index contributed by atoms with van der Waals surface area (Å²) in [5.41, 5.74) is 6.97. The molecule has 124 valence electrons. The van der Waals surface area contributed by atoms with E-state index >= 15 is 0 Å². The zero-order valence-electron chi connectivity index (χ0n) is 13.4. The molecule has 0 saturated heterocycles. The number of guanidine groups is 1. The summed E-state index contributed by atoms with van der Waals surface area (Å²) in [6.07, 6.45) is 8.22. The number of hydrogen-bond donors (Lipinski definition) is 2. The summed E-state index contributed by atoms with van der Waals surface area (Å²) in [7, 11) is 0. The third-order valence-electron chi connectivity index (χ3n) is 3.54. The minimum absolute atomic E-state index is 0. The molecule has 1 aliphatic rings. The van der Waals surface area contributed by atoms with E-state index in [9.17, 15) is 0 Å². The number of ether oxygens (including phenoxy) is 1. The van der Waals surface area contributed by atoms with Crippen molar-refractivity contribution in [1.29, 1.82) is 0 Å². The van der Waals surface area contributed by atoms with Crippen LogP contribution in [0.2, 0.25) is 0 Å². The predicted octanol–water partition coefficient (Wildman–Crippen LogP) is 3.22. The summed E-state index contributed by atoms with van der Waals surface area (Å²) in [6, 6.07) is 4.33. The molecule has 0 bridgehead atoms. The van der Waals surface area contributed by atoms with Gasteiger partial charge < -0.3 is 15.8 Å². The summed E-state index contributed by atoms with van der Waals surface area (Å²) in [5.74, 6) is 1.18. The minimum atomic E-state index is 0. The Kier molecular flexibility index (Phi) is 8.52. The van der Waals surface area contributed by atoms with Gasteiger partial charge in [0, 0.05) is 18.3 Å². The van der Waals surface area contributed by atoms with Crippen molar-refractivity contribution in [3.63, 3.8) is 0 Å². The second-order valence-electron chi connectivity index (χ2n) is 5.85. The maximum atomic E-state index is 5.94. The van der Waals surface area contributed by atoms with Gasteiger partial charge >= 0.3 is 0 Å². The fraction of sp³-hybridized carbons (Fsp3) is 0.625. The van der Waals surface area contributed by atoms with E-state index in [1.165, 1.54) is 32.1 Å². The molecule has 5 nitrogen and oxygen atoms in total. The van der Waals surface area contributed by atoms with Crippen LogP contribution in [0.25, 0.3) is 0 Å². The first-order chi connectivity index (χ1) is 10.1. The number of nitrogens with zero attached hydrogens (tertiary/aromatic N) is 2. The predicted molar refractivity (Wildman–Crippen MR) is 101 cm³/mol. The normalized spacial score (nSPS) is 16.2. The van der Waals surface area contributed by atoms with Crippen molar-refractivity contribution < 1.29 is 4.74 Å². The van der Waals surface area contributed by atoms with Crippen molar-refractivity contribution >= 4 is 29.9 Å². The second kappa shape index (κ2) is 9.86. The first-order valence-electron chi connectivity index (χ1n) is 7.81. The Morgan fingerprint density at radius 3 is 2.68 bits per heavy atom. The highest BCUT2D eigenvalue weighted by molar-refractivity contribution is 14.0. The smallest absolute Gasteiger partial charge is 0.213 e. The minimum Gasteiger partial charge on any atom is -0.475 e. The van der Waals surface area contributed by atoms with Gasteiger partial charge in [0.1, 0.15) is 0 Å². The molecule has 1 saturated carbocycles. The molecule has 6 heteroatoms. The van der Waals surface area contributed by atoms with Gasteiger partial charge in [0.25, 0.3) is 0 Å². The molecule has 0 radical (unpaired) electrons. The third kappa shape index (κ3) is 6.81. The number of halogens is 1. The molecule has 22 heavy (non-hydrogen) atoms. The number of aliphatic imine (C=N–C) groups is 1. The summed E-state index contributed by atoms with van der Waals surface area (Å²) in [5, 5.41) is 3.31. The van der Waals surface area contributed by atoms with E-state index in [0.29, 0.717) is 24.4 Å². The number of nitrogens with two attached hydrogens (primary N) is 1. The van der Waals surface area contributed by atoms with Crippen molar-refractivity contribution in [3.8, 4) is 5.88 Å². The van der Waals surface area contributed by atoms with Crippen LogP contribution in [0.1, 0.15) is 51.5 Å². The number of rotatable bonds is 5. The zero-order chi connectivity index (χ0) is 15.1. The van der Waals surface area contributed by atoms with E-state index in [-0.39, 0.29) is 30.1 Å².